The van der Waals surface area contributed by atoms with Crippen LogP contribution < -0.4 is 4.74 Å². The molecule has 3 aromatic rings. The summed E-state index contributed by atoms with van der Waals surface area (Å²) in [4.78, 5) is 11.1. The van der Waals surface area contributed by atoms with Crippen molar-refractivity contribution in [2.24, 2.45) is 0 Å². The van der Waals surface area contributed by atoms with E-state index in [0.717, 1.165) is 28.2 Å². The number of fused-ring (bicyclic) bond motifs is 1. The predicted octanol–water partition coefficient (Wildman–Crippen LogP) is 5.22. The molecule has 5 heteroatoms. The van der Waals surface area contributed by atoms with Crippen LogP contribution in [0, 0.1) is 0 Å². The molecule has 0 atom stereocenters. The van der Waals surface area contributed by atoms with Crippen LogP contribution in [-0.4, -0.2) is 12.6 Å². The lowest BCUT2D eigenvalue weighted by atomic mass is 9.95. The maximum absolute atomic E-state index is 12.2. The van der Waals surface area contributed by atoms with Crippen LogP contribution in [0.25, 0.3) is 21.9 Å². The Hall–Kier alpha value is -2.82. The lowest BCUT2D eigenvalue weighted by Crippen LogP contribution is -2.16. The molecule has 0 amide bonds. The van der Waals surface area contributed by atoms with Crippen molar-refractivity contribution in [3.63, 3.8) is 0 Å². The molecule has 3 rings (SSSR count). The summed E-state index contributed by atoms with van der Waals surface area (Å²) in [7, 11) is 0. The maximum atomic E-state index is 12.2. The Morgan fingerprint density at radius 3 is 2.09 bits per heavy atom. The van der Waals surface area contributed by atoms with Crippen LogP contribution in [0.1, 0.15) is 10.4 Å². The minimum Gasteiger partial charge on any atom is -0.406 e. The Kier molecular flexibility index (Phi) is 3.78. The van der Waals surface area contributed by atoms with Crippen LogP contribution in [0.4, 0.5) is 13.2 Å². The first-order valence-corrected chi connectivity index (χ1v) is 6.81. The standard InChI is InChI=1S/C18H11F3O2/c19-18(20,21)23-14-8-5-12(6-9-14)16-10-7-13(11-22)15-3-1-2-4-17(15)16/h1-11H. The van der Waals surface area contributed by atoms with Gasteiger partial charge in [-0.25, -0.2) is 0 Å². The van der Waals surface area contributed by atoms with Crippen molar-refractivity contribution in [3.8, 4) is 16.9 Å². The molecule has 0 radical (unpaired) electrons. The molecule has 23 heavy (non-hydrogen) atoms. The van der Waals surface area contributed by atoms with Gasteiger partial charge >= 0.3 is 6.36 Å². The van der Waals surface area contributed by atoms with Gasteiger partial charge in [-0.15, -0.1) is 13.2 Å². The van der Waals surface area contributed by atoms with Crippen LogP contribution in [-0.2, 0) is 0 Å². The highest BCUT2D eigenvalue weighted by atomic mass is 19.4. The molecule has 0 aliphatic heterocycles. The van der Waals surface area contributed by atoms with Crippen LogP contribution in [0.15, 0.2) is 60.7 Å². The Balaban J connectivity index is 2.05. The monoisotopic (exact) mass is 316 g/mol. The molecule has 116 valence electrons. The molecule has 0 aliphatic rings. The van der Waals surface area contributed by atoms with Crippen LogP contribution in [0.3, 0.4) is 0 Å². The minimum absolute atomic E-state index is 0.268. The van der Waals surface area contributed by atoms with Crippen molar-refractivity contribution in [1.82, 2.24) is 0 Å². The Morgan fingerprint density at radius 1 is 0.826 bits per heavy atom. The second kappa shape index (κ2) is 5.76. The fraction of sp³-hybridized carbons (Fsp3) is 0.0556. The zero-order chi connectivity index (χ0) is 16.4. The van der Waals surface area contributed by atoms with E-state index in [1.165, 1.54) is 12.1 Å². The van der Waals surface area contributed by atoms with Gasteiger partial charge in [0.2, 0.25) is 0 Å². The van der Waals surface area contributed by atoms with Gasteiger partial charge in [-0.05, 0) is 34.0 Å². The lowest BCUT2D eigenvalue weighted by Gasteiger charge is -2.11. The summed E-state index contributed by atoms with van der Waals surface area (Å²) < 4.78 is 40.5. The third-order valence-corrected chi connectivity index (χ3v) is 3.48. The van der Waals surface area contributed by atoms with Gasteiger partial charge in [0.25, 0.3) is 0 Å². The molecule has 0 saturated carbocycles. The van der Waals surface area contributed by atoms with E-state index in [1.54, 1.807) is 24.3 Å². The van der Waals surface area contributed by atoms with Gasteiger partial charge in [-0.3, -0.25) is 4.79 Å². The number of ether oxygens (including phenoxy) is 1. The van der Waals surface area contributed by atoms with E-state index in [-0.39, 0.29) is 5.75 Å². The summed E-state index contributed by atoms with van der Waals surface area (Å²) in [5.41, 5.74) is 2.15. The molecular weight excluding hydrogens is 305 g/mol. The molecule has 3 aromatic carbocycles. The van der Waals surface area contributed by atoms with Gasteiger partial charge in [0.1, 0.15) is 5.75 Å². The van der Waals surface area contributed by atoms with Gasteiger partial charge in [-0.1, -0.05) is 48.5 Å². The topological polar surface area (TPSA) is 26.3 Å². The zero-order valence-electron chi connectivity index (χ0n) is 11.8. The molecule has 0 N–H and O–H groups in total. The van der Waals surface area contributed by atoms with E-state index < -0.39 is 6.36 Å². The first-order valence-electron chi connectivity index (χ1n) is 6.81. The Labute approximate surface area is 130 Å². The van der Waals surface area contributed by atoms with E-state index >= 15 is 0 Å². The van der Waals surface area contributed by atoms with Gasteiger partial charge in [0.15, 0.2) is 6.29 Å². The van der Waals surface area contributed by atoms with E-state index in [1.807, 2.05) is 24.3 Å². The number of carbonyl (C=O) groups excluding carboxylic acids is 1. The van der Waals surface area contributed by atoms with Crippen LogP contribution in [0.2, 0.25) is 0 Å². The van der Waals surface area contributed by atoms with Crippen molar-refractivity contribution in [2.45, 2.75) is 6.36 Å². The molecule has 0 spiro atoms. The smallest absolute Gasteiger partial charge is 0.406 e. The van der Waals surface area contributed by atoms with Gasteiger partial charge < -0.3 is 4.74 Å². The van der Waals surface area contributed by atoms with Crippen molar-refractivity contribution in [3.05, 3.63) is 66.2 Å². The zero-order valence-corrected chi connectivity index (χ0v) is 11.8. The average Bonchev–Trinajstić information content (AvgIpc) is 2.53. The van der Waals surface area contributed by atoms with Gasteiger partial charge in [0, 0.05) is 5.56 Å². The molecule has 0 fully saturated rings. The normalized spacial score (nSPS) is 11.4. The largest absolute Gasteiger partial charge is 0.573 e. The second-order valence-electron chi connectivity index (χ2n) is 4.94. The highest BCUT2D eigenvalue weighted by molar-refractivity contribution is 6.05. The third kappa shape index (κ3) is 3.18. The number of halogens is 3. The van der Waals surface area contributed by atoms with Crippen molar-refractivity contribution < 1.29 is 22.7 Å². The summed E-state index contributed by atoms with van der Waals surface area (Å²) in [6.07, 6.45) is -3.92. The van der Waals surface area contributed by atoms with Crippen LogP contribution >= 0.6 is 0 Å². The molecule has 0 aromatic heterocycles. The quantitative estimate of drug-likeness (QED) is 0.619. The molecule has 0 bridgehead atoms. The first-order chi connectivity index (χ1) is 11.0. The molecule has 2 nitrogen and oxygen atoms in total. The SMILES string of the molecule is O=Cc1ccc(-c2ccc(OC(F)(F)F)cc2)c2ccccc12. The molecule has 0 aliphatic carbocycles. The van der Waals surface area contributed by atoms with Gasteiger partial charge in [-0.2, -0.15) is 0 Å². The van der Waals surface area contributed by atoms with E-state index in [9.17, 15) is 18.0 Å². The number of hydrogen-bond donors (Lipinski definition) is 0. The molecule has 0 unspecified atom stereocenters. The molecule has 0 saturated heterocycles. The predicted molar refractivity (Wildman–Crippen MR) is 81.5 cm³/mol. The summed E-state index contributed by atoms with van der Waals surface area (Å²) in [5, 5.41) is 1.66. The maximum Gasteiger partial charge on any atom is 0.573 e. The fourth-order valence-corrected chi connectivity index (χ4v) is 2.51. The van der Waals surface area contributed by atoms with Crippen molar-refractivity contribution >= 4 is 17.1 Å². The van der Waals surface area contributed by atoms with Gasteiger partial charge in [0.05, 0.1) is 0 Å². The Bertz CT molecular complexity index is 852. The molecule has 0 heterocycles. The summed E-state index contributed by atoms with van der Waals surface area (Å²) in [6.45, 7) is 0. The second-order valence-corrected chi connectivity index (χ2v) is 4.94. The average molecular weight is 316 g/mol. The minimum atomic E-state index is -4.71. The summed E-state index contributed by atoms with van der Waals surface area (Å²) in [5.74, 6) is -0.268. The van der Waals surface area contributed by atoms with E-state index in [4.69, 9.17) is 0 Å². The number of rotatable bonds is 3. The Morgan fingerprint density at radius 2 is 1.48 bits per heavy atom. The first kappa shape index (κ1) is 15.1. The summed E-state index contributed by atoms with van der Waals surface area (Å²) >= 11 is 0. The molecular formula is C18H11F3O2. The van der Waals surface area contributed by atoms with Crippen molar-refractivity contribution in [1.29, 1.82) is 0 Å². The van der Waals surface area contributed by atoms with Crippen LogP contribution in [0.5, 0.6) is 5.75 Å². The highest BCUT2D eigenvalue weighted by Gasteiger charge is 2.30. The van der Waals surface area contributed by atoms with Crippen molar-refractivity contribution in [2.75, 3.05) is 0 Å². The number of aldehydes is 1. The number of alkyl halides is 3. The highest BCUT2D eigenvalue weighted by Crippen LogP contribution is 2.32. The number of benzene rings is 3. The fourth-order valence-electron chi connectivity index (χ4n) is 2.51. The number of hydrogen-bond acceptors (Lipinski definition) is 2. The summed E-state index contributed by atoms with van der Waals surface area (Å²) in [6, 6.07) is 16.5. The third-order valence-electron chi connectivity index (χ3n) is 3.48. The number of carbonyl (C=O) groups is 1. The van der Waals surface area contributed by atoms with E-state index in [2.05, 4.69) is 4.74 Å². The van der Waals surface area contributed by atoms with E-state index in [0.29, 0.717) is 5.56 Å². The lowest BCUT2D eigenvalue weighted by molar-refractivity contribution is -0.274.